The molecule has 0 radical (unpaired) electrons. The average Bonchev–Trinajstić information content (AvgIpc) is 3.45. The van der Waals surface area contributed by atoms with Crippen molar-refractivity contribution in [2.24, 2.45) is 5.73 Å². The van der Waals surface area contributed by atoms with E-state index in [4.69, 9.17) is 15.0 Å². The lowest BCUT2D eigenvalue weighted by molar-refractivity contribution is -0.117. The largest absolute Gasteiger partial charge is 0.461 e. The first kappa shape index (κ1) is 24.2. The van der Waals surface area contributed by atoms with Gasteiger partial charge in [0.25, 0.3) is 0 Å². The van der Waals surface area contributed by atoms with Gasteiger partial charge in [-0.15, -0.1) is 0 Å². The van der Waals surface area contributed by atoms with Gasteiger partial charge in [0.05, 0.1) is 12.3 Å². The van der Waals surface area contributed by atoms with Gasteiger partial charge in [-0.25, -0.2) is 14.8 Å². The molecule has 0 aliphatic heterocycles. The standard InChI is InChI=1S/C23H25N7O4S/c1-4-9-33-22(32)18-12(2)27-23(35-18)29-21(31)17(24)11-26-20-16-10-15(19-28-13(3)34-30-19)6-5-14(16)7-8-25-20/h5-8,10,17H,4,9,11,24H2,1-3H3,(H,25,26)(H,27,29,31). The Hall–Kier alpha value is -3.90. The lowest BCUT2D eigenvalue weighted by atomic mass is 10.1. The monoisotopic (exact) mass is 495 g/mol. The Morgan fingerprint density at radius 3 is 2.80 bits per heavy atom. The number of hydrogen-bond acceptors (Lipinski definition) is 11. The van der Waals surface area contributed by atoms with E-state index in [0.717, 1.165) is 34.1 Å². The van der Waals surface area contributed by atoms with E-state index in [2.05, 4.69) is 30.7 Å². The molecule has 0 saturated carbocycles. The second-order valence-electron chi connectivity index (χ2n) is 7.78. The number of nitrogens with one attached hydrogen (secondary N) is 2. The SMILES string of the molecule is CCCOC(=O)c1sc(NC(=O)C(N)CNc2nccc3ccc(-c4noc(C)n4)cc23)nc1C. The molecule has 4 rings (SSSR count). The van der Waals surface area contributed by atoms with Gasteiger partial charge in [0.15, 0.2) is 5.13 Å². The lowest BCUT2D eigenvalue weighted by Gasteiger charge is -2.14. The first-order chi connectivity index (χ1) is 16.9. The van der Waals surface area contributed by atoms with Gasteiger partial charge in [0, 0.05) is 30.6 Å². The molecule has 0 aliphatic carbocycles. The van der Waals surface area contributed by atoms with Crippen LogP contribution in [-0.4, -0.2) is 51.2 Å². The summed E-state index contributed by atoms with van der Waals surface area (Å²) in [4.78, 5) is 38.0. The molecule has 12 heteroatoms. The number of anilines is 2. The number of benzene rings is 1. The number of aromatic nitrogens is 4. The molecule has 3 aromatic heterocycles. The molecule has 4 aromatic rings. The summed E-state index contributed by atoms with van der Waals surface area (Å²) in [6.45, 7) is 5.78. The predicted octanol–water partition coefficient (Wildman–Crippen LogP) is 3.30. The van der Waals surface area contributed by atoms with Gasteiger partial charge in [-0.2, -0.15) is 4.98 Å². The summed E-state index contributed by atoms with van der Waals surface area (Å²) in [5, 5.41) is 11.8. The number of fused-ring (bicyclic) bond motifs is 1. The number of thiazole rings is 1. The topological polar surface area (TPSA) is 158 Å². The maximum atomic E-state index is 12.6. The van der Waals surface area contributed by atoms with E-state index in [1.54, 1.807) is 20.0 Å². The molecule has 182 valence electrons. The number of carbonyl (C=O) groups excluding carboxylic acids is 2. The average molecular weight is 496 g/mol. The van der Waals surface area contributed by atoms with Crippen molar-refractivity contribution in [1.82, 2.24) is 20.1 Å². The highest BCUT2D eigenvalue weighted by molar-refractivity contribution is 7.17. The van der Waals surface area contributed by atoms with Gasteiger partial charge in [-0.05, 0) is 30.9 Å². The van der Waals surface area contributed by atoms with Gasteiger partial charge in [0.1, 0.15) is 16.7 Å². The van der Waals surface area contributed by atoms with Crippen LogP contribution in [0.5, 0.6) is 0 Å². The lowest BCUT2D eigenvalue weighted by Crippen LogP contribution is -2.41. The van der Waals surface area contributed by atoms with E-state index >= 15 is 0 Å². The Morgan fingerprint density at radius 1 is 1.23 bits per heavy atom. The second-order valence-corrected chi connectivity index (χ2v) is 8.78. The van der Waals surface area contributed by atoms with E-state index in [0.29, 0.717) is 34.7 Å². The zero-order chi connectivity index (χ0) is 24.9. The zero-order valence-electron chi connectivity index (χ0n) is 19.5. The Labute approximate surface area is 205 Å². The van der Waals surface area contributed by atoms with Crippen LogP contribution in [0.2, 0.25) is 0 Å². The van der Waals surface area contributed by atoms with Gasteiger partial charge in [0.2, 0.25) is 17.6 Å². The van der Waals surface area contributed by atoms with Crippen molar-refractivity contribution in [2.75, 3.05) is 23.8 Å². The molecule has 0 aliphatic rings. The molecule has 0 saturated heterocycles. The summed E-state index contributed by atoms with van der Waals surface area (Å²) >= 11 is 1.06. The van der Waals surface area contributed by atoms with Crippen molar-refractivity contribution in [3.05, 3.63) is 46.9 Å². The first-order valence-corrected chi connectivity index (χ1v) is 11.8. The van der Waals surface area contributed by atoms with Crippen LogP contribution in [0.4, 0.5) is 10.9 Å². The fraction of sp³-hybridized carbons (Fsp3) is 0.304. The summed E-state index contributed by atoms with van der Waals surface area (Å²) < 4.78 is 10.2. The Bertz CT molecular complexity index is 1370. The van der Waals surface area contributed by atoms with Crippen LogP contribution < -0.4 is 16.4 Å². The molecule has 1 amide bonds. The highest BCUT2D eigenvalue weighted by Gasteiger charge is 2.20. The summed E-state index contributed by atoms with van der Waals surface area (Å²) in [6.07, 6.45) is 2.39. The zero-order valence-corrected chi connectivity index (χ0v) is 20.3. The van der Waals surface area contributed by atoms with Crippen LogP contribution in [-0.2, 0) is 9.53 Å². The molecular weight excluding hydrogens is 470 g/mol. The molecule has 1 aromatic carbocycles. The highest BCUT2D eigenvalue weighted by Crippen LogP contribution is 2.27. The maximum Gasteiger partial charge on any atom is 0.350 e. The number of ether oxygens (including phenoxy) is 1. The van der Waals surface area contributed by atoms with Crippen molar-refractivity contribution in [3.8, 4) is 11.4 Å². The number of amides is 1. The molecule has 0 spiro atoms. The molecule has 11 nitrogen and oxygen atoms in total. The Kier molecular flexibility index (Phi) is 7.32. The van der Waals surface area contributed by atoms with Crippen LogP contribution >= 0.6 is 11.3 Å². The van der Waals surface area contributed by atoms with Gasteiger partial charge < -0.3 is 25.6 Å². The van der Waals surface area contributed by atoms with Crippen LogP contribution in [0, 0.1) is 13.8 Å². The van der Waals surface area contributed by atoms with Gasteiger partial charge >= 0.3 is 5.97 Å². The van der Waals surface area contributed by atoms with Crippen molar-refractivity contribution >= 4 is 44.9 Å². The smallest absolute Gasteiger partial charge is 0.350 e. The van der Waals surface area contributed by atoms with Crippen LogP contribution in [0.3, 0.4) is 0 Å². The van der Waals surface area contributed by atoms with E-state index < -0.39 is 17.9 Å². The Morgan fingerprint density at radius 2 is 2.06 bits per heavy atom. The van der Waals surface area contributed by atoms with Crippen molar-refractivity contribution in [2.45, 2.75) is 33.2 Å². The number of nitrogens with two attached hydrogens (primary N) is 1. The van der Waals surface area contributed by atoms with E-state index in [9.17, 15) is 9.59 Å². The summed E-state index contributed by atoms with van der Waals surface area (Å²) in [5.74, 6) is 0.626. The summed E-state index contributed by atoms with van der Waals surface area (Å²) in [5.41, 5.74) is 7.37. The minimum atomic E-state index is -0.894. The summed E-state index contributed by atoms with van der Waals surface area (Å²) in [7, 11) is 0. The number of aryl methyl sites for hydroxylation is 2. The maximum absolute atomic E-state index is 12.6. The molecule has 1 unspecified atom stereocenters. The third-order valence-electron chi connectivity index (χ3n) is 5.03. The van der Waals surface area contributed by atoms with Crippen molar-refractivity contribution < 1.29 is 18.8 Å². The summed E-state index contributed by atoms with van der Waals surface area (Å²) in [6, 6.07) is 6.72. The molecule has 1 atom stereocenters. The number of pyridine rings is 1. The molecular formula is C23H25N7O4S. The fourth-order valence-corrected chi connectivity index (χ4v) is 4.12. The molecule has 35 heavy (non-hydrogen) atoms. The third kappa shape index (κ3) is 5.61. The number of carbonyl (C=O) groups is 2. The quantitative estimate of drug-likeness (QED) is 0.294. The number of rotatable bonds is 9. The van der Waals surface area contributed by atoms with Crippen LogP contribution in [0.15, 0.2) is 35.0 Å². The van der Waals surface area contributed by atoms with Crippen LogP contribution in [0.25, 0.3) is 22.2 Å². The van der Waals surface area contributed by atoms with E-state index in [1.807, 2.05) is 31.2 Å². The van der Waals surface area contributed by atoms with Gasteiger partial charge in [-0.1, -0.05) is 35.5 Å². The third-order valence-corrected chi connectivity index (χ3v) is 6.08. The minimum Gasteiger partial charge on any atom is -0.461 e. The van der Waals surface area contributed by atoms with Crippen molar-refractivity contribution in [1.29, 1.82) is 0 Å². The number of nitrogens with zero attached hydrogens (tertiary/aromatic N) is 4. The van der Waals surface area contributed by atoms with E-state index in [1.165, 1.54) is 0 Å². The Balaban J connectivity index is 1.43. The number of esters is 1. The molecule has 4 N–H and O–H groups in total. The van der Waals surface area contributed by atoms with Gasteiger partial charge in [-0.3, -0.25) is 4.79 Å². The van der Waals surface area contributed by atoms with Crippen molar-refractivity contribution in [3.63, 3.8) is 0 Å². The molecule has 0 bridgehead atoms. The number of hydrogen-bond donors (Lipinski definition) is 3. The van der Waals surface area contributed by atoms with E-state index in [-0.39, 0.29) is 11.7 Å². The highest BCUT2D eigenvalue weighted by atomic mass is 32.1. The minimum absolute atomic E-state index is 0.124. The first-order valence-electron chi connectivity index (χ1n) is 11.0. The predicted molar refractivity (Wildman–Crippen MR) is 132 cm³/mol. The van der Waals surface area contributed by atoms with Crippen LogP contribution in [0.1, 0.15) is 34.6 Å². The normalized spacial score (nSPS) is 11.9. The molecule has 3 heterocycles. The second kappa shape index (κ2) is 10.6. The molecule has 0 fully saturated rings. The fourth-order valence-electron chi connectivity index (χ4n) is 3.26.